The fourth-order valence-corrected chi connectivity index (χ4v) is 7.69. The number of unbranched alkanes of at least 4 members (excludes halogenated alkanes) is 1. The van der Waals surface area contributed by atoms with E-state index >= 15 is 0 Å². The number of nitrogens with zero attached hydrogens (tertiary/aromatic N) is 2. The molecule has 654 valence electrons. The molecule has 2 aromatic heterocycles. The number of primary amides is 2. The van der Waals surface area contributed by atoms with Crippen molar-refractivity contribution in [3.8, 4) is 0 Å². The Morgan fingerprint density at radius 2 is 1.00 bits per heavy atom. The number of benzene rings is 1. The number of aromatic nitrogens is 3. The first kappa shape index (κ1) is 115. The van der Waals surface area contributed by atoms with Crippen molar-refractivity contribution in [2.75, 3.05) is 31.7 Å². The third-order valence-electron chi connectivity index (χ3n) is 14.6. The number of rotatable bonds is 41. The Bertz CT molecular complexity index is 3340. The summed E-state index contributed by atoms with van der Waals surface area (Å²) in [6.07, 6.45) is 10.8. The van der Waals surface area contributed by atoms with Gasteiger partial charge in [0.15, 0.2) is 5.96 Å². The summed E-state index contributed by atoms with van der Waals surface area (Å²) in [6, 6.07) is -3.51. The van der Waals surface area contributed by atoms with Crippen molar-refractivity contribution in [2.45, 2.75) is 211 Å². The molecule has 114 heavy (non-hydrogen) atoms. The summed E-state index contributed by atoms with van der Waals surface area (Å²) in [4.78, 5) is 162. The van der Waals surface area contributed by atoms with Gasteiger partial charge in [-0.15, -0.1) is 0 Å². The Labute approximate surface area is 663 Å². The molecule has 0 unspecified atom stereocenters. The lowest BCUT2D eigenvalue weighted by molar-refractivity contribution is -0.166. The smallest absolute Gasteiger partial charge is 0.334 e. The first-order chi connectivity index (χ1) is 52.7. The maximum atomic E-state index is 12.4. The molecule has 46 nitrogen and oxygen atoms in total. The van der Waals surface area contributed by atoms with Crippen molar-refractivity contribution >= 4 is 112 Å². The highest BCUT2D eigenvalue weighted by Gasteiger charge is 2.31. The summed E-state index contributed by atoms with van der Waals surface area (Å²) in [7, 11) is 0. The zero-order valence-electron chi connectivity index (χ0n) is 65.4. The fourth-order valence-electron chi connectivity index (χ4n) is 7.20. The second kappa shape index (κ2) is 66.3. The Morgan fingerprint density at radius 1 is 0.518 bits per heavy atom. The highest BCUT2D eigenvalue weighted by Crippen LogP contribution is 2.19. The van der Waals surface area contributed by atoms with Crippen LogP contribution < -0.4 is 97.5 Å². The van der Waals surface area contributed by atoms with Crippen molar-refractivity contribution < 1.29 is 122 Å². The van der Waals surface area contributed by atoms with Crippen LogP contribution in [0.15, 0.2) is 48.0 Å². The molecule has 0 saturated heterocycles. The first-order valence-corrected chi connectivity index (χ1v) is 36.5. The molecule has 0 bridgehead atoms. The van der Waals surface area contributed by atoms with E-state index in [2.05, 4.69) is 30.4 Å². The van der Waals surface area contributed by atoms with Crippen LogP contribution in [0.2, 0.25) is 0 Å². The molecule has 44 N–H and O–H groups in total. The minimum Gasteiger partial charge on any atom is -0.480 e. The number of nitrogens with two attached hydrogens (primary N) is 17. The molecule has 0 spiro atoms. The van der Waals surface area contributed by atoms with Gasteiger partial charge in [-0.05, 0) is 99.8 Å². The lowest BCUT2D eigenvalue weighted by atomic mass is 10.0. The summed E-state index contributed by atoms with van der Waals surface area (Å²) in [5, 5.41) is 67.3. The highest BCUT2D eigenvalue weighted by molar-refractivity contribution is 7.98. The van der Waals surface area contributed by atoms with Crippen molar-refractivity contribution in [1.82, 2.24) is 15.0 Å². The van der Waals surface area contributed by atoms with Crippen molar-refractivity contribution in [3.05, 3.63) is 54.2 Å². The lowest BCUT2D eigenvalue weighted by Crippen LogP contribution is -2.48. The monoisotopic (exact) mass is 1660 g/mol. The Hall–Kier alpha value is -10.1. The number of hydrogen-bond acceptors (Lipinski definition) is 33. The molecule has 0 aliphatic heterocycles. The summed E-state index contributed by atoms with van der Waals surface area (Å²) >= 11 is 1.60. The topological polar surface area (TPSA) is 928 Å². The van der Waals surface area contributed by atoms with Gasteiger partial charge in [0.05, 0.1) is 12.7 Å². The largest absolute Gasteiger partial charge is 0.480 e. The molecule has 0 saturated carbocycles. The zero-order valence-corrected chi connectivity index (χ0v) is 66.3. The number of fused-ring (bicyclic) bond motifs is 1. The van der Waals surface area contributed by atoms with Crippen LogP contribution in [-0.2, 0) is 94.2 Å². The van der Waals surface area contributed by atoms with E-state index in [1.54, 1.807) is 31.8 Å². The van der Waals surface area contributed by atoms with E-state index in [1.165, 1.54) is 19.4 Å². The molecule has 3 aromatic rings. The van der Waals surface area contributed by atoms with Crippen LogP contribution in [0.3, 0.4) is 0 Å². The van der Waals surface area contributed by atoms with Gasteiger partial charge in [-0.2, -0.15) is 11.8 Å². The zero-order chi connectivity index (χ0) is 89.8. The Balaban J connectivity index is -0.000000305. The number of thioether (sulfide) groups is 1. The average Bonchev–Trinajstić information content (AvgIpc) is 1.69. The van der Waals surface area contributed by atoms with E-state index in [1.807, 2.05) is 58.2 Å². The summed E-state index contributed by atoms with van der Waals surface area (Å²) in [5.41, 5.74) is 91.3. The standard InChI is InChI=1S/C21H26N6O5.C8H16N2O4.C6H14N4O2.C6H14N2O2.2C6H13NO2.C5H10N2O3.C5H11NO2S.C4H8N2O3/c1-11(18(24)21(30)32-20(29)16(23)7-13-9-25-10-27-13)31-19(28)15(22)6-12-8-26-17-5-3-2-4-14(12)17;1-4(2)6(10)8(13)14-3-5(9)7(11)12;7-4(5(11)12)2-1-3-10-6(8)9;7-4-2-1-3-5(8)6(9)10;1-4(2)3-5(7)6(8)9;1-3-4(2)5(7)6(8)9;6-3(5(9)10)1-2-4(7)8;1-9-3-2-4(6)5(7)8;5-2(4(8)9)1-3(6)7/h2-5,8-11,15-16,18,26H,6-7,22-24H2,1H3,(H,25,27);4-6H,3,9-10H2,1-2H3,(H,11,12);4H,1-3,7H2,(H,11,12)(H4,8,9,10);5H,1-4,7-8H2,(H,9,10);2*4-5H,3,7H2,1-2H3,(H,8,9);3H,1-2,6H2,(H2,7,8)(H,9,10);4H,2-3,6H2,1H3,(H,7,8);2H,1,5H2,(H2,6,7)(H,8,9)/t11-,15+,16+,18+;5-,6-;4-;2*5-;4-,5-;3-;4-;2-/m100000000/s1. The van der Waals surface area contributed by atoms with Gasteiger partial charge in [0.2, 0.25) is 11.8 Å². The van der Waals surface area contributed by atoms with Gasteiger partial charge in [0.25, 0.3) is 0 Å². The van der Waals surface area contributed by atoms with Gasteiger partial charge in [-0.3, -0.25) is 62.5 Å². The molecule has 14 atom stereocenters. The van der Waals surface area contributed by atoms with Gasteiger partial charge in [0.1, 0.15) is 85.2 Å². The number of aliphatic imine (C=N–C) groups is 1. The number of carbonyl (C=O) groups excluding carboxylic acids is 6. The number of aliphatic carboxylic acids is 8. The van der Waals surface area contributed by atoms with Gasteiger partial charge in [-0.1, -0.05) is 72.6 Å². The number of esters is 4. The number of carbonyl (C=O) groups is 14. The molecule has 2 amide bonds. The maximum Gasteiger partial charge on any atom is 0.334 e. The normalized spacial score (nSPS) is 14.0. The molecule has 2 heterocycles. The van der Waals surface area contributed by atoms with Crippen LogP contribution in [0, 0.1) is 17.8 Å². The molecule has 0 fully saturated rings. The predicted molar refractivity (Wildman–Crippen MR) is 421 cm³/mol. The quantitative estimate of drug-likeness (QED) is 0.00629. The fraction of sp³-hybridized carbons (Fsp3) is 0.612. The molecule has 3 rings (SSSR count). The Kier molecular flexibility index (Phi) is 66.7. The molecule has 1 aromatic carbocycles. The molecule has 47 heteroatoms. The van der Waals surface area contributed by atoms with Crippen molar-refractivity contribution in [3.63, 3.8) is 0 Å². The number of carboxylic acid groups (broad SMARTS) is 8. The number of H-pyrrole nitrogens is 2. The van der Waals surface area contributed by atoms with Crippen LogP contribution >= 0.6 is 11.8 Å². The van der Waals surface area contributed by atoms with Crippen LogP contribution in [0.25, 0.3) is 10.9 Å². The first-order valence-electron chi connectivity index (χ1n) is 35.1. The number of amides is 2. The predicted octanol–water partition coefficient (Wildman–Crippen LogP) is -5.46. The van der Waals surface area contributed by atoms with Crippen LogP contribution in [0.4, 0.5) is 0 Å². The summed E-state index contributed by atoms with van der Waals surface area (Å²) < 4.78 is 14.6. The average molecular weight is 1660 g/mol. The van der Waals surface area contributed by atoms with Gasteiger partial charge in [-0.25, -0.2) is 14.6 Å². The Morgan fingerprint density at radius 3 is 1.39 bits per heavy atom. The third kappa shape index (κ3) is 62.4. The van der Waals surface area contributed by atoms with Crippen LogP contribution in [-0.4, -0.2) is 256 Å². The van der Waals surface area contributed by atoms with Gasteiger partial charge >= 0.3 is 71.6 Å². The van der Waals surface area contributed by atoms with Crippen LogP contribution in [0.5, 0.6) is 0 Å². The second-order valence-corrected chi connectivity index (χ2v) is 26.5. The number of ether oxygens (including phenoxy) is 3. The molecule has 0 radical (unpaired) electrons. The second-order valence-electron chi connectivity index (χ2n) is 25.5. The number of carboxylic acids is 8. The van der Waals surface area contributed by atoms with Crippen molar-refractivity contribution in [1.29, 1.82) is 0 Å². The maximum absolute atomic E-state index is 12.4. The molecular formula is C67H125N21O25S. The lowest BCUT2D eigenvalue weighted by Gasteiger charge is -2.21. The number of hydrogen-bond donors (Lipinski definition) is 27. The number of para-hydroxylation sites is 1. The van der Waals surface area contributed by atoms with Gasteiger partial charge < -0.3 is 163 Å². The summed E-state index contributed by atoms with van der Waals surface area (Å²) in [5.74, 6) is -11.6. The summed E-state index contributed by atoms with van der Waals surface area (Å²) in [6.45, 7) is 13.3. The van der Waals surface area contributed by atoms with E-state index in [-0.39, 0.29) is 56.5 Å². The minimum absolute atomic E-state index is 0.0129. The number of aromatic amines is 2. The van der Waals surface area contributed by atoms with E-state index in [0.29, 0.717) is 56.8 Å². The molecular weight excluding hydrogens is 1530 g/mol. The van der Waals surface area contributed by atoms with Crippen molar-refractivity contribution in [2.24, 2.45) is 120 Å². The van der Waals surface area contributed by atoms with Gasteiger partial charge in [0, 0.05) is 54.8 Å². The molecule has 0 aliphatic carbocycles. The van der Waals surface area contributed by atoms with Crippen LogP contribution in [0.1, 0.15) is 130 Å². The number of guanidine groups is 1. The van der Waals surface area contributed by atoms with E-state index in [9.17, 15) is 67.1 Å². The van der Waals surface area contributed by atoms with E-state index < -0.39 is 162 Å². The highest BCUT2D eigenvalue weighted by atomic mass is 32.2. The third-order valence-corrected chi connectivity index (χ3v) is 15.2. The number of nitrogens with one attached hydrogen (secondary N) is 2. The SMILES string of the molecule is CC(C)C[C@H](N)C(=O)O.CC(C)[C@H](N)C(=O)OC[C@H](N)C(=O)O.CC[C@H](C)[C@H](N)C(=O)O.CSCC[C@H](N)C(=O)O.C[C@@H](OC(=O)[C@@H](N)Cc1c[nH]c2ccccc12)[C@H](N)C(=O)OC(=O)[C@@H](N)Cc1cnc[nH]1.NC(=O)CC[C@H](N)C(=O)O.NC(=O)C[C@H](N)C(=O)O.NC(N)=NCCC[C@H](N)C(=O)O.NCCCC[C@H](N)C(=O)O. The van der Waals surface area contributed by atoms with E-state index in [4.69, 9.17) is 142 Å². The van der Waals surface area contributed by atoms with E-state index in [0.717, 1.165) is 41.5 Å². The molecule has 0 aliphatic rings. The minimum atomic E-state index is -1.39. The number of imidazole rings is 1.